The zero-order chi connectivity index (χ0) is 8.97. The van der Waals surface area contributed by atoms with Crippen molar-refractivity contribution in [2.75, 3.05) is 11.9 Å². The summed E-state index contributed by atoms with van der Waals surface area (Å²) >= 11 is 11.8. The van der Waals surface area contributed by atoms with E-state index in [2.05, 4.69) is 11.9 Å². The Bertz CT molecular complexity index is 264. The van der Waals surface area contributed by atoms with Crippen LogP contribution in [0.5, 0.6) is 0 Å². The van der Waals surface area contributed by atoms with E-state index in [1.807, 2.05) is 6.07 Å². The van der Waals surface area contributed by atoms with Crippen LogP contribution < -0.4 is 5.32 Å². The van der Waals surface area contributed by atoms with Crippen LogP contribution in [-0.2, 0) is 0 Å². The number of para-hydroxylation sites is 1. The first-order valence-electron chi connectivity index (χ1n) is 3.54. The molecule has 0 bridgehead atoms. The molecule has 0 aliphatic heterocycles. The van der Waals surface area contributed by atoms with Crippen molar-refractivity contribution in [2.45, 2.75) is 0 Å². The number of rotatable bonds is 3. The zero-order valence-corrected chi connectivity index (χ0v) is 7.99. The number of anilines is 1. The summed E-state index contributed by atoms with van der Waals surface area (Å²) in [6.45, 7) is 4.24. The van der Waals surface area contributed by atoms with Gasteiger partial charge in [-0.1, -0.05) is 35.3 Å². The molecule has 1 rings (SSSR count). The van der Waals surface area contributed by atoms with Crippen molar-refractivity contribution in [1.29, 1.82) is 0 Å². The Morgan fingerprint density at radius 1 is 1.33 bits per heavy atom. The minimum absolute atomic E-state index is 0.629. The van der Waals surface area contributed by atoms with Crippen LogP contribution in [0.3, 0.4) is 0 Å². The van der Waals surface area contributed by atoms with Crippen LogP contribution in [0.2, 0.25) is 10.0 Å². The molecular weight excluding hydrogens is 193 g/mol. The molecule has 0 spiro atoms. The normalized spacial score (nSPS) is 9.50. The Kier molecular flexibility index (Phi) is 3.45. The van der Waals surface area contributed by atoms with Crippen molar-refractivity contribution in [3.63, 3.8) is 0 Å². The van der Waals surface area contributed by atoms with E-state index in [-0.39, 0.29) is 0 Å². The molecule has 0 aromatic heterocycles. The largest absolute Gasteiger partial charge is 0.379 e. The van der Waals surface area contributed by atoms with Crippen LogP contribution in [0.15, 0.2) is 30.9 Å². The van der Waals surface area contributed by atoms with Crippen LogP contribution in [0.4, 0.5) is 5.69 Å². The van der Waals surface area contributed by atoms with E-state index in [0.717, 1.165) is 5.69 Å². The minimum atomic E-state index is 0.629. The molecule has 0 saturated carbocycles. The molecular formula is C9H9Cl2N. The van der Waals surface area contributed by atoms with Crippen molar-refractivity contribution in [1.82, 2.24) is 0 Å². The van der Waals surface area contributed by atoms with Gasteiger partial charge in [-0.05, 0) is 12.1 Å². The highest BCUT2D eigenvalue weighted by Gasteiger charge is 2.02. The fourth-order valence-electron chi connectivity index (χ4n) is 0.841. The fraction of sp³-hybridized carbons (Fsp3) is 0.111. The van der Waals surface area contributed by atoms with E-state index < -0.39 is 0 Å². The van der Waals surface area contributed by atoms with Gasteiger partial charge < -0.3 is 5.32 Å². The van der Waals surface area contributed by atoms with Crippen molar-refractivity contribution in [3.8, 4) is 0 Å². The second-order valence-corrected chi connectivity index (χ2v) is 3.08. The lowest BCUT2D eigenvalue weighted by Gasteiger charge is -2.07. The van der Waals surface area contributed by atoms with Gasteiger partial charge in [0.05, 0.1) is 15.7 Å². The number of nitrogens with one attached hydrogen (secondary N) is 1. The summed E-state index contributed by atoms with van der Waals surface area (Å²) in [7, 11) is 0. The summed E-state index contributed by atoms with van der Waals surface area (Å²) in [6, 6.07) is 5.39. The first-order chi connectivity index (χ1) is 5.75. The molecule has 1 nitrogen and oxygen atoms in total. The van der Waals surface area contributed by atoms with Gasteiger partial charge in [-0.25, -0.2) is 0 Å². The standard InChI is InChI=1S/C9H9Cl2N/c1-2-6-12-9-7(10)4-3-5-8(9)11/h2-5,12H,1,6H2. The fourth-order valence-corrected chi connectivity index (χ4v) is 1.37. The molecule has 0 fully saturated rings. The monoisotopic (exact) mass is 201 g/mol. The molecule has 0 atom stereocenters. The third kappa shape index (κ3) is 2.16. The highest BCUT2D eigenvalue weighted by atomic mass is 35.5. The van der Waals surface area contributed by atoms with E-state index in [4.69, 9.17) is 23.2 Å². The molecule has 12 heavy (non-hydrogen) atoms. The second-order valence-electron chi connectivity index (χ2n) is 2.27. The molecule has 1 aromatic rings. The first kappa shape index (κ1) is 9.43. The van der Waals surface area contributed by atoms with Crippen LogP contribution >= 0.6 is 23.2 Å². The Hall–Kier alpha value is -0.660. The van der Waals surface area contributed by atoms with Gasteiger partial charge in [0.2, 0.25) is 0 Å². The molecule has 1 aromatic carbocycles. The summed E-state index contributed by atoms with van der Waals surface area (Å²) in [6.07, 6.45) is 1.75. The molecule has 3 heteroatoms. The van der Waals surface area contributed by atoms with Crippen LogP contribution in [0.25, 0.3) is 0 Å². The Morgan fingerprint density at radius 2 is 1.92 bits per heavy atom. The van der Waals surface area contributed by atoms with Gasteiger partial charge in [0.1, 0.15) is 0 Å². The number of halogens is 2. The van der Waals surface area contributed by atoms with E-state index in [9.17, 15) is 0 Å². The van der Waals surface area contributed by atoms with Gasteiger partial charge in [-0.2, -0.15) is 0 Å². The average molecular weight is 202 g/mol. The van der Waals surface area contributed by atoms with E-state index in [1.165, 1.54) is 0 Å². The predicted molar refractivity (Wildman–Crippen MR) is 55.1 cm³/mol. The highest BCUT2D eigenvalue weighted by molar-refractivity contribution is 6.39. The van der Waals surface area contributed by atoms with Gasteiger partial charge in [0.25, 0.3) is 0 Å². The second kappa shape index (κ2) is 4.39. The minimum Gasteiger partial charge on any atom is -0.379 e. The maximum atomic E-state index is 5.88. The summed E-state index contributed by atoms with van der Waals surface area (Å²) in [4.78, 5) is 0. The lowest BCUT2D eigenvalue weighted by molar-refractivity contribution is 1.34. The molecule has 0 unspecified atom stereocenters. The first-order valence-corrected chi connectivity index (χ1v) is 4.30. The highest BCUT2D eigenvalue weighted by Crippen LogP contribution is 2.29. The predicted octanol–water partition coefficient (Wildman–Crippen LogP) is 3.59. The molecule has 1 N–H and O–H groups in total. The summed E-state index contributed by atoms with van der Waals surface area (Å²) in [5.41, 5.74) is 0.765. The average Bonchev–Trinajstić information content (AvgIpc) is 2.04. The van der Waals surface area contributed by atoms with Gasteiger partial charge in [-0.3, -0.25) is 0 Å². The molecule has 64 valence electrons. The molecule has 0 aliphatic rings. The molecule has 0 saturated heterocycles. The number of hydrogen-bond acceptors (Lipinski definition) is 1. The topological polar surface area (TPSA) is 12.0 Å². The summed E-state index contributed by atoms with van der Waals surface area (Å²) in [5, 5.41) is 4.31. The smallest absolute Gasteiger partial charge is 0.0721 e. The zero-order valence-electron chi connectivity index (χ0n) is 6.48. The van der Waals surface area contributed by atoms with Crippen molar-refractivity contribution in [3.05, 3.63) is 40.9 Å². The Morgan fingerprint density at radius 3 is 2.42 bits per heavy atom. The maximum absolute atomic E-state index is 5.88. The van der Waals surface area contributed by atoms with E-state index in [0.29, 0.717) is 16.6 Å². The molecule has 0 amide bonds. The number of hydrogen-bond donors (Lipinski definition) is 1. The summed E-state index contributed by atoms with van der Waals surface area (Å²) < 4.78 is 0. The maximum Gasteiger partial charge on any atom is 0.0721 e. The van der Waals surface area contributed by atoms with Gasteiger partial charge in [-0.15, -0.1) is 6.58 Å². The molecule has 0 heterocycles. The van der Waals surface area contributed by atoms with Crippen molar-refractivity contribution < 1.29 is 0 Å². The third-order valence-electron chi connectivity index (χ3n) is 1.39. The van der Waals surface area contributed by atoms with Crippen molar-refractivity contribution >= 4 is 28.9 Å². The van der Waals surface area contributed by atoms with Crippen LogP contribution in [0.1, 0.15) is 0 Å². The lowest BCUT2D eigenvalue weighted by atomic mass is 10.3. The molecule has 0 radical (unpaired) electrons. The Balaban J connectivity index is 2.88. The number of benzene rings is 1. The van der Waals surface area contributed by atoms with Gasteiger partial charge in [0, 0.05) is 6.54 Å². The van der Waals surface area contributed by atoms with Crippen LogP contribution in [-0.4, -0.2) is 6.54 Å². The Labute approximate surface area is 82.0 Å². The van der Waals surface area contributed by atoms with Gasteiger partial charge >= 0.3 is 0 Å². The summed E-state index contributed by atoms with van der Waals surface area (Å²) in [5.74, 6) is 0. The molecule has 0 aliphatic carbocycles. The lowest BCUT2D eigenvalue weighted by Crippen LogP contribution is -1.98. The van der Waals surface area contributed by atoms with Crippen molar-refractivity contribution in [2.24, 2.45) is 0 Å². The van der Waals surface area contributed by atoms with Crippen LogP contribution in [0, 0.1) is 0 Å². The van der Waals surface area contributed by atoms with E-state index in [1.54, 1.807) is 18.2 Å². The SMILES string of the molecule is C=CCNc1c(Cl)cccc1Cl. The van der Waals surface area contributed by atoms with Gasteiger partial charge in [0.15, 0.2) is 0 Å². The van der Waals surface area contributed by atoms with E-state index >= 15 is 0 Å². The quantitative estimate of drug-likeness (QED) is 0.738. The third-order valence-corrected chi connectivity index (χ3v) is 2.02.